The monoisotopic (exact) mass is 272 g/mol. The van der Waals surface area contributed by atoms with Gasteiger partial charge in [-0.2, -0.15) is 4.98 Å². The third-order valence-corrected chi connectivity index (χ3v) is 3.95. The van der Waals surface area contributed by atoms with Gasteiger partial charge in [0.1, 0.15) is 0 Å². The van der Waals surface area contributed by atoms with E-state index in [4.69, 9.17) is 10.3 Å². The van der Waals surface area contributed by atoms with Gasteiger partial charge in [-0.25, -0.2) is 0 Å². The third kappa shape index (κ3) is 3.22. The zero-order chi connectivity index (χ0) is 13.8. The fourth-order valence-corrected chi connectivity index (χ4v) is 2.85. The first-order valence-electron chi connectivity index (χ1n) is 7.23. The number of rotatable bonds is 4. The summed E-state index contributed by atoms with van der Waals surface area (Å²) in [5, 5.41) is 4.04. The van der Waals surface area contributed by atoms with Gasteiger partial charge in [-0.1, -0.05) is 30.5 Å². The van der Waals surface area contributed by atoms with Gasteiger partial charge in [-0.05, 0) is 24.5 Å². The Balaban J connectivity index is 1.65. The molecule has 0 saturated heterocycles. The lowest BCUT2D eigenvalue weighted by molar-refractivity contribution is 0.260. The van der Waals surface area contributed by atoms with Crippen LogP contribution in [0.4, 0.5) is 0 Å². The molecule has 0 bridgehead atoms. The van der Waals surface area contributed by atoms with Crippen molar-refractivity contribution in [1.82, 2.24) is 15.1 Å². The first-order valence-corrected chi connectivity index (χ1v) is 7.23. The van der Waals surface area contributed by atoms with E-state index >= 15 is 0 Å². The predicted molar refractivity (Wildman–Crippen MR) is 75.0 cm³/mol. The van der Waals surface area contributed by atoms with Crippen LogP contribution in [-0.4, -0.2) is 20.7 Å². The van der Waals surface area contributed by atoms with Crippen molar-refractivity contribution in [3.8, 4) is 0 Å². The van der Waals surface area contributed by atoms with Gasteiger partial charge in [0.25, 0.3) is 0 Å². The number of nitrogens with zero attached hydrogens (tertiary/aromatic N) is 3. The molecule has 0 aromatic carbocycles. The molecule has 0 radical (unpaired) electrons. The molecule has 0 atom stereocenters. The SMILES string of the molecule is NC1(Cc2nc(Cc3cccnc3)no2)CCCCC1. The second-order valence-corrected chi connectivity index (χ2v) is 5.74. The topological polar surface area (TPSA) is 77.8 Å². The summed E-state index contributed by atoms with van der Waals surface area (Å²) in [6, 6.07) is 3.92. The zero-order valence-corrected chi connectivity index (χ0v) is 11.6. The summed E-state index contributed by atoms with van der Waals surface area (Å²) in [4.78, 5) is 8.55. The van der Waals surface area contributed by atoms with Crippen LogP contribution in [0.15, 0.2) is 29.0 Å². The second-order valence-electron chi connectivity index (χ2n) is 5.74. The van der Waals surface area contributed by atoms with Crippen LogP contribution in [0.5, 0.6) is 0 Å². The van der Waals surface area contributed by atoms with E-state index in [-0.39, 0.29) is 5.54 Å². The lowest BCUT2D eigenvalue weighted by Gasteiger charge is -2.31. The summed E-state index contributed by atoms with van der Waals surface area (Å²) in [7, 11) is 0. The number of pyridine rings is 1. The van der Waals surface area contributed by atoms with E-state index in [9.17, 15) is 0 Å². The maximum Gasteiger partial charge on any atom is 0.228 e. The largest absolute Gasteiger partial charge is 0.339 e. The molecule has 0 amide bonds. The molecular weight excluding hydrogens is 252 g/mol. The van der Waals surface area contributed by atoms with E-state index in [1.54, 1.807) is 6.20 Å². The molecule has 2 aromatic heterocycles. The van der Waals surface area contributed by atoms with Crippen LogP contribution in [0.3, 0.4) is 0 Å². The highest BCUT2D eigenvalue weighted by Crippen LogP contribution is 2.28. The molecule has 5 nitrogen and oxygen atoms in total. The Labute approximate surface area is 118 Å². The Morgan fingerprint density at radius 1 is 1.25 bits per heavy atom. The number of hydrogen-bond donors (Lipinski definition) is 1. The third-order valence-electron chi connectivity index (χ3n) is 3.95. The molecule has 5 heteroatoms. The molecule has 0 spiro atoms. The summed E-state index contributed by atoms with van der Waals surface area (Å²) in [5.41, 5.74) is 7.34. The Bertz CT molecular complexity index is 546. The van der Waals surface area contributed by atoms with Crippen LogP contribution in [-0.2, 0) is 12.8 Å². The maximum atomic E-state index is 6.42. The van der Waals surface area contributed by atoms with Gasteiger partial charge in [0.2, 0.25) is 5.89 Å². The van der Waals surface area contributed by atoms with E-state index in [0.29, 0.717) is 24.6 Å². The smallest absolute Gasteiger partial charge is 0.228 e. The first-order chi connectivity index (χ1) is 9.73. The van der Waals surface area contributed by atoms with Crippen LogP contribution in [0, 0.1) is 0 Å². The fraction of sp³-hybridized carbons (Fsp3) is 0.533. The normalized spacial score (nSPS) is 18.1. The zero-order valence-electron chi connectivity index (χ0n) is 11.6. The number of aromatic nitrogens is 3. The van der Waals surface area contributed by atoms with Gasteiger partial charge in [-0.15, -0.1) is 0 Å². The lowest BCUT2D eigenvalue weighted by atomic mass is 9.80. The van der Waals surface area contributed by atoms with Gasteiger partial charge in [0.05, 0.1) is 0 Å². The van der Waals surface area contributed by atoms with Crippen molar-refractivity contribution in [3.05, 3.63) is 41.8 Å². The van der Waals surface area contributed by atoms with Crippen molar-refractivity contribution < 1.29 is 4.52 Å². The van der Waals surface area contributed by atoms with Crippen molar-refractivity contribution in [1.29, 1.82) is 0 Å². The molecular formula is C15H20N4O. The summed E-state index contributed by atoms with van der Waals surface area (Å²) < 4.78 is 5.34. The fourth-order valence-electron chi connectivity index (χ4n) is 2.85. The molecule has 2 heterocycles. The summed E-state index contributed by atoms with van der Waals surface area (Å²) in [6.07, 6.45) is 10.7. The minimum Gasteiger partial charge on any atom is -0.339 e. The van der Waals surface area contributed by atoms with E-state index in [2.05, 4.69) is 15.1 Å². The van der Waals surface area contributed by atoms with E-state index in [1.165, 1.54) is 19.3 Å². The summed E-state index contributed by atoms with van der Waals surface area (Å²) >= 11 is 0. The molecule has 3 rings (SSSR count). The van der Waals surface area contributed by atoms with Crippen molar-refractivity contribution in [2.24, 2.45) is 5.73 Å². The Morgan fingerprint density at radius 2 is 2.10 bits per heavy atom. The van der Waals surface area contributed by atoms with Gasteiger partial charge in [-0.3, -0.25) is 4.98 Å². The standard InChI is InChI=1S/C15H20N4O/c16-15(6-2-1-3-7-15)10-14-18-13(19-20-14)9-12-5-4-8-17-11-12/h4-5,8,11H,1-3,6-7,9-10,16H2. The van der Waals surface area contributed by atoms with E-state index < -0.39 is 0 Å². The van der Waals surface area contributed by atoms with Crippen molar-refractivity contribution in [2.45, 2.75) is 50.5 Å². The maximum absolute atomic E-state index is 6.42. The average molecular weight is 272 g/mol. The summed E-state index contributed by atoms with van der Waals surface area (Å²) in [5.74, 6) is 1.36. The lowest BCUT2D eigenvalue weighted by Crippen LogP contribution is -2.43. The minimum absolute atomic E-state index is 0.156. The minimum atomic E-state index is -0.156. The van der Waals surface area contributed by atoms with Crippen LogP contribution in [0.1, 0.15) is 49.4 Å². The molecule has 1 aliphatic rings. The molecule has 0 aliphatic heterocycles. The molecule has 106 valence electrons. The van der Waals surface area contributed by atoms with Gasteiger partial charge in [0, 0.05) is 30.8 Å². The van der Waals surface area contributed by atoms with Gasteiger partial charge >= 0.3 is 0 Å². The molecule has 2 N–H and O–H groups in total. The van der Waals surface area contributed by atoms with Gasteiger partial charge < -0.3 is 10.3 Å². The predicted octanol–water partition coefficient (Wildman–Crippen LogP) is 2.26. The molecule has 20 heavy (non-hydrogen) atoms. The molecule has 0 unspecified atom stereocenters. The van der Waals surface area contributed by atoms with Crippen LogP contribution in [0.2, 0.25) is 0 Å². The number of hydrogen-bond acceptors (Lipinski definition) is 5. The van der Waals surface area contributed by atoms with E-state index in [1.807, 2.05) is 18.3 Å². The van der Waals surface area contributed by atoms with Crippen molar-refractivity contribution in [3.63, 3.8) is 0 Å². The van der Waals surface area contributed by atoms with Crippen LogP contribution in [0.25, 0.3) is 0 Å². The summed E-state index contributed by atoms with van der Waals surface area (Å²) in [6.45, 7) is 0. The first kappa shape index (κ1) is 13.2. The second kappa shape index (κ2) is 5.71. The quantitative estimate of drug-likeness (QED) is 0.923. The van der Waals surface area contributed by atoms with Crippen LogP contribution < -0.4 is 5.73 Å². The van der Waals surface area contributed by atoms with Crippen LogP contribution >= 0.6 is 0 Å². The van der Waals surface area contributed by atoms with Crippen molar-refractivity contribution >= 4 is 0 Å². The molecule has 1 fully saturated rings. The van der Waals surface area contributed by atoms with Gasteiger partial charge in [0.15, 0.2) is 5.82 Å². The van der Waals surface area contributed by atoms with Crippen molar-refractivity contribution in [2.75, 3.05) is 0 Å². The Kier molecular flexibility index (Phi) is 3.78. The highest BCUT2D eigenvalue weighted by Gasteiger charge is 2.29. The number of nitrogens with two attached hydrogens (primary N) is 1. The molecule has 1 aliphatic carbocycles. The molecule has 1 saturated carbocycles. The Morgan fingerprint density at radius 3 is 2.85 bits per heavy atom. The highest BCUT2D eigenvalue weighted by molar-refractivity contribution is 5.13. The van der Waals surface area contributed by atoms with E-state index in [0.717, 1.165) is 18.4 Å². The average Bonchev–Trinajstić information content (AvgIpc) is 2.87. The Hall–Kier alpha value is -1.75. The molecule has 2 aromatic rings. The highest BCUT2D eigenvalue weighted by atomic mass is 16.5.